The van der Waals surface area contributed by atoms with E-state index in [2.05, 4.69) is 30.9 Å². The summed E-state index contributed by atoms with van der Waals surface area (Å²) in [5.74, 6) is -2.86. The first-order valence-corrected chi connectivity index (χ1v) is 13.6. The summed E-state index contributed by atoms with van der Waals surface area (Å²) in [5, 5.41) is 26.9. The number of imidazole rings is 1. The van der Waals surface area contributed by atoms with E-state index in [0.717, 1.165) is 16.5 Å². The molecule has 2 aromatic heterocycles. The first kappa shape index (κ1) is 29.7. The molecule has 0 aliphatic rings. The highest BCUT2D eigenvalue weighted by atomic mass is 32.2. The number of nitrogens with two attached hydrogens (primary N) is 1. The molecule has 0 saturated carbocycles. The van der Waals surface area contributed by atoms with Crippen molar-refractivity contribution in [2.75, 3.05) is 18.6 Å². The highest BCUT2D eigenvalue weighted by molar-refractivity contribution is 7.98. The van der Waals surface area contributed by atoms with Gasteiger partial charge in [0.25, 0.3) is 0 Å². The van der Waals surface area contributed by atoms with Crippen molar-refractivity contribution < 1.29 is 29.4 Å². The number of carbonyl (C=O) groups excluding carboxylic acids is 3. The summed E-state index contributed by atoms with van der Waals surface area (Å²) in [6.45, 7) is -0.827. The van der Waals surface area contributed by atoms with Crippen LogP contribution in [0.5, 0.6) is 0 Å². The largest absolute Gasteiger partial charge is 0.480 e. The predicted molar refractivity (Wildman–Crippen MR) is 146 cm³/mol. The fraction of sp³-hybridized carbons (Fsp3) is 0.400. The number of aromatic amines is 2. The highest BCUT2D eigenvalue weighted by Crippen LogP contribution is 2.19. The molecule has 14 heteroatoms. The molecule has 0 radical (unpaired) electrons. The van der Waals surface area contributed by atoms with Crippen molar-refractivity contribution in [3.05, 3.63) is 54.2 Å². The smallest absolute Gasteiger partial charge is 0.328 e. The topological polar surface area (TPSA) is 215 Å². The summed E-state index contributed by atoms with van der Waals surface area (Å²) < 4.78 is 0. The van der Waals surface area contributed by atoms with Gasteiger partial charge in [-0.15, -0.1) is 0 Å². The van der Waals surface area contributed by atoms with Crippen molar-refractivity contribution in [2.45, 2.75) is 43.4 Å². The molecule has 3 amide bonds. The zero-order valence-electron chi connectivity index (χ0n) is 21.3. The number of nitrogens with zero attached hydrogens (tertiary/aromatic N) is 1. The maximum absolute atomic E-state index is 13.3. The average molecular weight is 560 g/mol. The lowest BCUT2D eigenvalue weighted by atomic mass is 10.0. The number of aliphatic hydroxyl groups excluding tert-OH is 1. The first-order chi connectivity index (χ1) is 18.7. The molecule has 39 heavy (non-hydrogen) atoms. The van der Waals surface area contributed by atoms with Crippen molar-refractivity contribution in [3.63, 3.8) is 0 Å². The Morgan fingerprint density at radius 1 is 1.00 bits per heavy atom. The second kappa shape index (κ2) is 14.3. The van der Waals surface area contributed by atoms with E-state index in [9.17, 15) is 29.4 Å². The van der Waals surface area contributed by atoms with E-state index in [4.69, 9.17) is 5.73 Å². The molecule has 0 aliphatic carbocycles. The minimum Gasteiger partial charge on any atom is -0.480 e. The molecule has 4 unspecified atom stereocenters. The summed E-state index contributed by atoms with van der Waals surface area (Å²) in [5.41, 5.74) is 8.50. The Labute approximate surface area is 228 Å². The third kappa shape index (κ3) is 8.30. The fourth-order valence-electron chi connectivity index (χ4n) is 3.97. The number of aromatic nitrogens is 3. The predicted octanol–water partition coefficient (Wildman–Crippen LogP) is -0.712. The van der Waals surface area contributed by atoms with Crippen LogP contribution in [0.3, 0.4) is 0 Å². The summed E-state index contributed by atoms with van der Waals surface area (Å²) >= 11 is 1.48. The lowest BCUT2D eigenvalue weighted by Gasteiger charge is -2.24. The third-order valence-electron chi connectivity index (χ3n) is 6.10. The number of carbonyl (C=O) groups is 4. The van der Waals surface area contributed by atoms with Crippen LogP contribution >= 0.6 is 11.8 Å². The maximum Gasteiger partial charge on any atom is 0.328 e. The van der Waals surface area contributed by atoms with Gasteiger partial charge in [0, 0.05) is 35.4 Å². The molecule has 9 N–H and O–H groups in total. The van der Waals surface area contributed by atoms with Crippen molar-refractivity contribution in [2.24, 2.45) is 5.73 Å². The van der Waals surface area contributed by atoms with Gasteiger partial charge in [-0.05, 0) is 36.5 Å². The lowest BCUT2D eigenvalue weighted by molar-refractivity contribution is -0.143. The van der Waals surface area contributed by atoms with Gasteiger partial charge < -0.3 is 41.9 Å². The van der Waals surface area contributed by atoms with Crippen LogP contribution < -0.4 is 21.7 Å². The van der Waals surface area contributed by atoms with E-state index in [1.165, 1.54) is 24.3 Å². The standard InChI is InChI=1S/C25H33N7O6S/c1-39-7-6-19(30-22(34)17(26)8-14-10-28-18-5-3-2-4-16(14)18)23(35)31-20(9-15-11-27-13-29-15)24(36)32-21(12-33)25(37)38/h2-5,10-11,13,17,19-21,28,33H,6-9,12,26H2,1H3,(H,27,29)(H,30,34)(H,31,35)(H,32,36)(H,37,38). The second-order valence-corrected chi connectivity index (χ2v) is 9.92. The van der Waals surface area contributed by atoms with Gasteiger partial charge >= 0.3 is 5.97 Å². The normalized spacial score (nSPS) is 14.2. The number of rotatable bonds is 15. The van der Waals surface area contributed by atoms with E-state index < -0.39 is 54.5 Å². The van der Waals surface area contributed by atoms with Gasteiger partial charge in [0.2, 0.25) is 17.7 Å². The van der Waals surface area contributed by atoms with E-state index in [1.807, 2.05) is 30.5 Å². The molecule has 3 aromatic rings. The summed E-state index contributed by atoms with van der Waals surface area (Å²) in [6, 6.07) is 2.95. The minimum absolute atomic E-state index is 0.0292. The van der Waals surface area contributed by atoms with Crippen molar-refractivity contribution in [3.8, 4) is 0 Å². The Balaban J connectivity index is 1.71. The van der Waals surface area contributed by atoms with Gasteiger partial charge in [-0.25, -0.2) is 9.78 Å². The van der Waals surface area contributed by atoms with Crippen LogP contribution in [0.1, 0.15) is 17.7 Å². The van der Waals surface area contributed by atoms with Crippen LogP contribution in [0.15, 0.2) is 43.0 Å². The van der Waals surface area contributed by atoms with Crippen molar-refractivity contribution in [1.29, 1.82) is 0 Å². The third-order valence-corrected chi connectivity index (χ3v) is 6.75. The van der Waals surface area contributed by atoms with Gasteiger partial charge in [-0.2, -0.15) is 11.8 Å². The number of nitrogens with one attached hydrogen (secondary N) is 5. The zero-order valence-corrected chi connectivity index (χ0v) is 22.2. The van der Waals surface area contributed by atoms with Crippen molar-refractivity contribution >= 4 is 46.4 Å². The number of aliphatic carboxylic acids is 1. The molecular weight excluding hydrogens is 526 g/mol. The quantitative estimate of drug-likeness (QED) is 0.118. The summed E-state index contributed by atoms with van der Waals surface area (Å²) in [7, 11) is 0. The number of fused-ring (bicyclic) bond motifs is 1. The van der Waals surface area contributed by atoms with Gasteiger partial charge in [-0.1, -0.05) is 18.2 Å². The van der Waals surface area contributed by atoms with Gasteiger partial charge in [0.1, 0.15) is 18.1 Å². The minimum atomic E-state index is -1.55. The van der Waals surface area contributed by atoms with Gasteiger partial charge in [0.05, 0.1) is 19.0 Å². The highest BCUT2D eigenvalue weighted by Gasteiger charge is 2.30. The van der Waals surface area contributed by atoms with E-state index >= 15 is 0 Å². The SMILES string of the molecule is CSCCC(NC(=O)C(N)Cc1c[nH]c2ccccc12)C(=O)NC(Cc1cnc[nH]1)C(=O)NC(CO)C(=O)O. The molecule has 0 saturated heterocycles. The van der Waals surface area contributed by atoms with E-state index in [-0.39, 0.29) is 19.3 Å². The molecule has 4 atom stereocenters. The second-order valence-electron chi connectivity index (χ2n) is 8.94. The van der Waals surface area contributed by atoms with E-state index in [1.54, 1.807) is 6.20 Å². The fourth-order valence-corrected chi connectivity index (χ4v) is 4.44. The van der Waals surface area contributed by atoms with Gasteiger partial charge in [0.15, 0.2) is 0 Å². The molecule has 0 spiro atoms. The summed E-state index contributed by atoms with van der Waals surface area (Å²) in [6.07, 6.45) is 7.00. The van der Waals surface area contributed by atoms with Crippen molar-refractivity contribution in [1.82, 2.24) is 30.9 Å². The molecule has 13 nitrogen and oxygen atoms in total. The molecule has 0 aliphatic heterocycles. The van der Waals surface area contributed by atoms with Crippen LogP contribution in [0, 0.1) is 0 Å². The first-order valence-electron chi connectivity index (χ1n) is 12.2. The number of amides is 3. The molecule has 2 heterocycles. The number of carboxylic acids is 1. The Hall–Kier alpha value is -3.88. The number of hydrogen-bond donors (Lipinski definition) is 8. The molecule has 210 valence electrons. The molecule has 0 fully saturated rings. The zero-order chi connectivity index (χ0) is 28.4. The van der Waals surface area contributed by atoms with Crippen LogP contribution in [0.2, 0.25) is 0 Å². The number of thioether (sulfide) groups is 1. The summed E-state index contributed by atoms with van der Waals surface area (Å²) in [4.78, 5) is 60.3. The Morgan fingerprint density at radius 2 is 1.69 bits per heavy atom. The Morgan fingerprint density at radius 3 is 2.36 bits per heavy atom. The van der Waals surface area contributed by atoms with Gasteiger partial charge in [-0.3, -0.25) is 14.4 Å². The van der Waals surface area contributed by atoms with Crippen LogP contribution in [0.25, 0.3) is 10.9 Å². The average Bonchev–Trinajstić information content (AvgIpc) is 3.58. The monoisotopic (exact) mass is 559 g/mol. The molecular formula is C25H33N7O6S. The molecule has 0 bridgehead atoms. The van der Waals surface area contributed by atoms with Crippen LogP contribution in [-0.4, -0.2) is 91.6 Å². The number of carboxylic acid groups (broad SMARTS) is 1. The number of hydrogen-bond acceptors (Lipinski definition) is 8. The number of benzene rings is 1. The van der Waals surface area contributed by atoms with Crippen LogP contribution in [0.4, 0.5) is 0 Å². The Bertz CT molecular complexity index is 1260. The number of aliphatic hydroxyl groups is 1. The lowest BCUT2D eigenvalue weighted by Crippen LogP contribution is -2.58. The Kier molecular flexibility index (Phi) is 10.9. The molecule has 3 rings (SSSR count). The van der Waals surface area contributed by atoms with E-state index in [0.29, 0.717) is 11.4 Å². The van der Waals surface area contributed by atoms with Crippen LogP contribution in [-0.2, 0) is 32.0 Å². The number of para-hydroxylation sites is 1. The number of H-pyrrole nitrogens is 2. The molecule has 1 aromatic carbocycles. The maximum atomic E-state index is 13.3.